The zero-order chi connectivity index (χ0) is 11.1. The van der Waals surface area contributed by atoms with Gasteiger partial charge in [-0.05, 0) is 55.9 Å². The number of benzene rings is 1. The van der Waals surface area contributed by atoms with Crippen molar-refractivity contribution in [3.8, 4) is 6.07 Å². The van der Waals surface area contributed by atoms with Gasteiger partial charge in [-0.3, -0.25) is 0 Å². The molecule has 15 heavy (non-hydrogen) atoms. The van der Waals surface area contributed by atoms with E-state index in [2.05, 4.69) is 48.0 Å². The van der Waals surface area contributed by atoms with Crippen molar-refractivity contribution in [2.75, 3.05) is 0 Å². The normalized spacial score (nSPS) is 18.0. The molecule has 1 aliphatic rings. The molecule has 0 aromatic heterocycles. The second-order valence-electron chi connectivity index (χ2n) is 4.49. The van der Waals surface area contributed by atoms with Crippen LogP contribution < -0.4 is 0 Å². The van der Waals surface area contributed by atoms with Gasteiger partial charge in [-0.1, -0.05) is 22.0 Å². The Morgan fingerprint density at radius 2 is 2.00 bits per heavy atom. The molecular formula is C13H14BrN. The third kappa shape index (κ3) is 1.59. The third-order valence-electron chi connectivity index (χ3n) is 3.33. The molecule has 0 spiro atoms. The molecule has 1 saturated carbocycles. The van der Waals surface area contributed by atoms with Crippen LogP contribution in [-0.4, -0.2) is 0 Å². The van der Waals surface area contributed by atoms with Crippen molar-refractivity contribution in [2.45, 2.75) is 38.5 Å². The van der Waals surface area contributed by atoms with Gasteiger partial charge in [-0.25, -0.2) is 0 Å². The van der Waals surface area contributed by atoms with E-state index in [1.54, 1.807) is 0 Å². The average Bonchev–Trinajstić information content (AvgIpc) is 2.07. The summed E-state index contributed by atoms with van der Waals surface area (Å²) in [7, 11) is 0. The van der Waals surface area contributed by atoms with Gasteiger partial charge in [-0.2, -0.15) is 5.26 Å². The van der Waals surface area contributed by atoms with Crippen molar-refractivity contribution in [1.29, 1.82) is 5.26 Å². The van der Waals surface area contributed by atoms with Crippen LogP contribution in [0.1, 0.15) is 36.0 Å². The molecule has 0 unspecified atom stereocenters. The molecule has 0 aliphatic heterocycles. The van der Waals surface area contributed by atoms with Gasteiger partial charge in [-0.15, -0.1) is 0 Å². The smallest absolute Gasteiger partial charge is 0.0835 e. The lowest BCUT2D eigenvalue weighted by Gasteiger charge is -2.37. The van der Waals surface area contributed by atoms with E-state index >= 15 is 0 Å². The van der Waals surface area contributed by atoms with Crippen LogP contribution in [0.4, 0.5) is 0 Å². The van der Waals surface area contributed by atoms with Crippen molar-refractivity contribution >= 4 is 15.9 Å². The summed E-state index contributed by atoms with van der Waals surface area (Å²) in [5, 5.41) is 9.34. The van der Waals surface area contributed by atoms with Gasteiger partial charge in [0.1, 0.15) is 0 Å². The maximum absolute atomic E-state index is 9.34. The SMILES string of the molecule is Cc1cc(C)c(C2(C#N)CCC2)c(Br)c1. The van der Waals surface area contributed by atoms with Crippen LogP contribution in [0.2, 0.25) is 0 Å². The fourth-order valence-corrected chi connectivity index (χ4v) is 3.52. The molecule has 2 rings (SSSR count). The molecule has 0 radical (unpaired) electrons. The fourth-order valence-electron chi connectivity index (χ4n) is 2.47. The molecule has 78 valence electrons. The van der Waals surface area contributed by atoms with Crippen LogP contribution >= 0.6 is 15.9 Å². The Kier molecular flexibility index (Phi) is 2.60. The molecule has 0 N–H and O–H groups in total. The molecule has 0 saturated heterocycles. The first-order chi connectivity index (χ1) is 7.09. The van der Waals surface area contributed by atoms with Gasteiger partial charge < -0.3 is 0 Å². The van der Waals surface area contributed by atoms with Crippen molar-refractivity contribution in [3.63, 3.8) is 0 Å². The summed E-state index contributed by atoms with van der Waals surface area (Å²) in [4.78, 5) is 0. The van der Waals surface area contributed by atoms with Crippen LogP contribution in [-0.2, 0) is 5.41 Å². The molecule has 0 amide bonds. The second-order valence-corrected chi connectivity index (χ2v) is 5.34. The first-order valence-corrected chi connectivity index (χ1v) is 6.07. The molecule has 0 atom stereocenters. The van der Waals surface area contributed by atoms with Crippen molar-refractivity contribution < 1.29 is 0 Å². The van der Waals surface area contributed by atoms with Gasteiger partial charge >= 0.3 is 0 Å². The minimum absolute atomic E-state index is 0.212. The minimum atomic E-state index is -0.212. The van der Waals surface area contributed by atoms with Crippen LogP contribution in [0.15, 0.2) is 16.6 Å². The predicted molar refractivity (Wildman–Crippen MR) is 64.8 cm³/mol. The molecule has 1 nitrogen and oxygen atoms in total. The number of hydrogen-bond acceptors (Lipinski definition) is 1. The molecule has 0 bridgehead atoms. The lowest BCUT2D eigenvalue weighted by molar-refractivity contribution is 0.321. The largest absolute Gasteiger partial charge is 0.197 e. The quantitative estimate of drug-likeness (QED) is 0.751. The summed E-state index contributed by atoms with van der Waals surface area (Å²) in [6, 6.07) is 6.78. The highest BCUT2D eigenvalue weighted by Crippen LogP contribution is 2.47. The standard InChI is InChI=1S/C13H14BrN/c1-9-6-10(2)12(11(14)7-9)13(8-15)4-3-5-13/h6-7H,3-5H2,1-2H3. The summed E-state index contributed by atoms with van der Waals surface area (Å²) in [6.07, 6.45) is 3.19. The molecule has 0 heterocycles. The number of nitriles is 1. The van der Waals surface area contributed by atoms with E-state index in [4.69, 9.17) is 0 Å². The number of rotatable bonds is 1. The molecule has 2 heteroatoms. The summed E-state index contributed by atoms with van der Waals surface area (Å²) >= 11 is 3.60. The van der Waals surface area contributed by atoms with Crippen LogP contribution in [0, 0.1) is 25.2 Å². The van der Waals surface area contributed by atoms with Crippen molar-refractivity contribution in [1.82, 2.24) is 0 Å². The molecule has 1 aliphatic carbocycles. The van der Waals surface area contributed by atoms with E-state index in [0.29, 0.717) is 0 Å². The number of halogens is 1. The first kappa shape index (κ1) is 10.7. The van der Waals surface area contributed by atoms with E-state index < -0.39 is 0 Å². The Morgan fingerprint density at radius 3 is 2.40 bits per heavy atom. The topological polar surface area (TPSA) is 23.8 Å². The van der Waals surface area contributed by atoms with E-state index in [1.807, 2.05) is 0 Å². The van der Waals surface area contributed by atoms with E-state index in [0.717, 1.165) is 17.3 Å². The lowest BCUT2D eigenvalue weighted by Crippen LogP contribution is -2.33. The average molecular weight is 264 g/mol. The van der Waals surface area contributed by atoms with Gasteiger partial charge in [0.15, 0.2) is 0 Å². The van der Waals surface area contributed by atoms with Gasteiger partial charge in [0.25, 0.3) is 0 Å². The fraction of sp³-hybridized carbons (Fsp3) is 0.462. The van der Waals surface area contributed by atoms with Gasteiger partial charge in [0, 0.05) is 4.47 Å². The Morgan fingerprint density at radius 1 is 1.33 bits per heavy atom. The van der Waals surface area contributed by atoms with Crippen LogP contribution in [0.25, 0.3) is 0 Å². The highest BCUT2D eigenvalue weighted by molar-refractivity contribution is 9.10. The summed E-state index contributed by atoms with van der Waals surface area (Å²) in [5.74, 6) is 0. The Balaban J connectivity index is 2.58. The summed E-state index contributed by atoms with van der Waals surface area (Å²) in [6.45, 7) is 4.19. The zero-order valence-electron chi connectivity index (χ0n) is 9.10. The summed E-state index contributed by atoms with van der Waals surface area (Å²) < 4.78 is 1.10. The monoisotopic (exact) mass is 263 g/mol. The zero-order valence-corrected chi connectivity index (χ0v) is 10.7. The predicted octanol–water partition coefficient (Wildman–Crippen LogP) is 4.01. The number of hydrogen-bond donors (Lipinski definition) is 0. The van der Waals surface area contributed by atoms with Gasteiger partial charge in [0.2, 0.25) is 0 Å². The van der Waals surface area contributed by atoms with Gasteiger partial charge in [0.05, 0.1) is 11.5 Å². The number of nitrogens with zero attached hydrogens (tertiary/aromatic N) is 1. The maximum Gasteiger partial charge on any atom is 0.0835 e. The molecule has 1 fully saturated rings. The van der Waals surface area contributed by atoms with Crippen LogP contribution in [0.5, 0.6) is 0 Å². The molecular weight excluding hydrogens is 250 g/mol. The van der Waals surface area contributed by atoms with Crippen LogP contribution in [0.3, 0.4) is 0 Å². The Bertz CT molecular complexity index is 415. The first-order valence-electron chi connectivity index (χ1n) is 5.27. The molecule has 1 aromatic rings. The van der Waals surface area contributed by atoms with Crippen molar-refractivity contribution in [2.24, 2.45) is 0 Å². The molecule has 1 aromatic carbocycles. The Labute approximate surface area is 99.2 Å². The van der Waals surface area contributed by atoms with Crippen molar-refractivity contribution in [3.05, 3.63) is 33.3 Å². The maximum atomic E-state index is 9.34. The summed E-state index contributed by atoms with van der Waals surface area (Å²) in [5.41, 5.74) is 3.48. The van der Waals surface area contributed by atoms with E-state index in [-0.39, 0.29) is 5.41 Å². The second kappa shape index (κ2) is 3.64. The number of aryl methyl sites for hydroxylation is 2. The minimum Gasteiger partial charge on any atom is -0.197 e. The highest BCUT2D eigenvalue weighted by atomic mass is 79.9. The van der Waals surface area contributed by atoms with E-state index in [1.165, 1.54) is 23.1 Å². The Hall–Kier alpha value is -0.810. The lowest BCUT2D eigenvalue weighted by atomic mass is 9.64. The van der Waals surface area contributed by atoms with E-state index in [9.17, 15) is 5.26 Å². The third-order valence-corrected chi connectivity index (χ3v) is 3.96. The highest BCUT2D eigenvalue weighted by Gasteiger charge is 2.41.